The van der Waals surface area contributed by atoms with E-state index in [9.17, 15) is 4.79 Å². The number of rotatable bonds is 3. The highest BCUT2D eigenvalue weighted by Gasteiger charge is 2.49. The van der Waals surface area contributed by atoms with E-state index < -0.39 is 0 Å². The van der Waals surface area contributed by atoms with Gasteiger partial charge in [-0.3, -0.25) is 19.7 Å². The molecule has 5 heterocycles. The monoisotopic (exact) mass is 376 g/mol. The normalized spacial score (nSPS) is 21.7. The summed E-state index contributed by atoms with van der Waals surface area (Å²) in [6, 6.07) is 9.96. The summed E-state index contributed by atoms with van der Waals surface area (Å²) in [4.78, 5) is 26.4. The van der Waals surface area contributed by atoms with Crippen LogP contribution in [0.5, 0.6) is 0 Å². The van der Waals surface area contributed by atoms with Gasteiger partial charge in [-0.2, -0.15) is 11.3 Å². The molecule has 1 saturated heterocycles. The van der Waals surface area contributed by atoms with Gasteiger partial charge in [0.2, 0.25) is 0 Å². The van der Waals surface area contributed by atoms with Crippen LogP contribution in [-0.4, -0.2) is 40.4 Å². The van der Waals surface area contributed by atoms with E-state index in [0.29, 0.717) is 6.54 Å². The Morgan fingerprint density at radius 2 is 2.11 bits per heavy atom. The fraction of sp³-hybridized carbons (Fsp3) is 0.286. The van der Waals surface area contributed by atoms with Gasteiger partial charge in [-0.05, 0) is 48.2 Å². The van der Waals surface area contributed by atoms with E-state index in [-0.39, 0.29) is 11.3 Å². The minimum atomic E-state index is -0.0789. The van der Waals surface area contributed by atoms with E-state index in [1.54, 1.807) is 17.5 Å². The first kappa shape index (κ1) is 16.6. The van der Waals surface area contributed by atoms with Crippen molar-refractivity contribution in [1.82, 2.24) is 14.9 Å². The Morgan fingerprint density at radius 1 is 1.19 bits per heavy atom. The minimum absolute atomic E-state index is 0.0769. The number of thiophene rings is 1. The molecular formula is C21H20N4OS. The number of hydrogen-bond donors (Lipinski definition) is 0. The lowest BCUT2D eigenvalue weighted by Crippen LogP contribution is -2.39. The molecule has 136 valence electrons. The van der Waals surface area contributed by atoms with Gasteiger partial charge in [0.05, 0.1) is 16.9 Å². The summed E-state index contributed by atoms with van der Waals surface area (Å²) < 4.78 is 0. The zero-order valence-corrected chi connectivity index (χ0v) is 15.7. The van der Waals surface area contributed by atoms with Crippen LogP contribution in [0, 0.1) is 0 Å². The topological polar surface area (TPSA) is 49.3 Å². The average Bonchev–Trinajstić information content (AvgIpc) is 3.44. The third-order valence-corrected chi connectivity index (χ3v) is 6.30. The SMILES string of the molecule is O=C(c1ccsc1)N1CC2(CCN(Cc3cccnc3)C2)c2ncccc21. The molecule has 3 aromatic rings. The smallest absolute Gasteiger partial charge is 0.259 e. The molecule has 1 atom stereocenters. The number of amides is 1. The summed E-state index contributed by atoms with van der Waals surface area (Å²) in [5.41, 5.74) is 3.95. The Kier molecular flexibility index (Phi) is 4.02. The lowest BCUT2D eigenvalue weighted by Gasteiger charge is -2.25. The summed E-state index contributed by atoms with van der Waals surface area (Å²) in [5, 5.41) is 3.88. The first-order valence-electron chi connectivity index (χ1n) is 9.16. The summed E-state index contributed by atoms with van der Waals surface area (Å²) in [6.45, 7) is 3.51. The molecule has 0 aromatic carbocycles. The fourth-order valence-corrected chi connectivity index (χ4v) is 5.00. The predicted octanol–water partition coefficient (Wildman–Crippen LogP) is 3.34. The Balaban J connectivity index is 1.43. The number of carbonyl (C=O) groups is 1. The molecule has 1 amide bonds. The van der Waals surface area contributed by atoms with Crippen LogP contribution in [0.25, 0.3) is 0 Å². The van der Waals surface area contributed by atoms with Crippen molar-refractivity contribution < 1.29 is 4.79 Å². The maximum Gasteiger partial charge on any atom is 0.259 e. The highest BCUT2D eigenvalue weighted by Crippen LogP contribution is 2.45. The van der Waals surface area contributed by atoms with Crippen LogP contribution >= 0.6 is 11.3 Å². The number of nitrogens with zero attached hydrogens (tertiary/aromatic N) is 4. The van der Waals surface area contributed by atoms with Crippen LogP contribution in [0.15, 0.2) is 59.7 Å². The molecule has 0 aliphatic carbocycles. The third-order valence-electron chi connectivity index (χ3n) is 5.62. The number of aromatic nitrogens is 2. The van der Waals surface area contributed by atoms with Crippen LogP contribution in [0.2, 0.25) is 0 Å². The Hall–Kier alpha value is -2.57. The fourth-order valence-electron chi connectivity index (χ4n) is 4.37. The maximum absolute atomic E-state index is 13.1. The van der Waals surface area contributed by atoms with Gasteiger partial charge in [-0.25, -0.2) is 0 Å². The standard InChI is InChI=1S/C21H20N4OS/c26-20(17-5-10-27-13-17)25-15-21(19-18(25)4-2-8-23-19)6-9-24(14-21)12-16-3-1-7-22-11-16/h1-5,7-8,10-11,13H,6,9,12,14-15H2. The second kappa shape index (κ2) is 6.55. The molecule has 6 heteroatoms. The van der Waals surface area contributed by atoms with Gasteiger partial charge in [0.25, 0.3) is 5.91 Å². The quantitative estimate of drug-likeness (QED) is 0.703. The van der Waals surface area contributed by atoms with Crippen LogP contribution in [0.1, 0.15) is 28.0 Å². The van der Waals surface area contributed by atoms with Crippen molar-refractivity contribution in [1.29, 1.82) is 0 Å². The predicted molar refractivity (Wildman–Crippen MR) is 106 cm³/mol. The van der Waals surface area contributed by atoms with Gasteiger partial charge >= 0.3 is 0 Å². The zero-order valence-electron chi connectivity index (χ0n) is 14.9. The summed E-state index contributed by atoms with van der Waals surface area (Å²) in [7, 11) is 0. The Bertz CT molecular complexity index is 959. The van der Waals surface area contributed by atoms with Crippen LogP contribution in [-0.2, 0) is 12.0 Å². The molecule has 5 rings (SSSR count). The number of carbonyl (C=O) groups excluding carboxylic acids is 1. The average molecular weight is 376 g/mol. The lowest BCUT2D eigenvalue weighted by atomic mass is 9.85. The minimum Gasteiger partial charge on any atom is -0.305 e. The number of fused-ring (bicyclic) bond motifs is 2. The lowest BCUT2D eigenvalue weighted by molar-refractivity contribution is 0.0985. The maximum atomic E-state index is 13.1. The highest BCUT2D eigenvalue weighted by atomic mass is 32.1. The number of anilines is 1. The van der Waals surface area contributed by atoms with Gasteiger partial charge in [0.1, 0.15) is 0 Å². The van der Waals surface area contributed by atoms with E-state index in [1.165, 1.54) is 5.56 Å². The van der Waals surface area contributed by atoms with E-state index in [0.717, 1.165) is 43.0 Å². The molecule has 2 aliphatic heterocycles. The van der Waals surface area contributed by atoms with E-state index in [4.69, 9.17) is 4.98 Å². The molecule has 5 nitrogen and oxygen atoms in total. The van der Waals surface area contributed by atoms with Gasteiger partial charge in [0.15, 0.2) is 0 Å². The third kappa shape index (κ3) is 2.85. The number of pyridine rings is 2. The van der Waals surface area contributed by atoms with E-state index >= 15 is 0 Å². The molecule has 1 unspecified atom stereocenters. The summed E-state index contributed by atoms with van der Waals surface area (Å²) in [5.74, 6) is 0.0769. The molecule has 3 aromatic heterocycles. The van der Waals surface area contributed by atoms with Crippen molar-refractivity contribution in [3.63, 3.8) is 0 Å². The largest absolute Gasteiger partial charge is 0.305 e. The van der Waals surface area contributed by atoms with E-state index in [2.05, 4.69) is 16.0 Å². The second-order valence-corrected chi connectivity index (χ2v) is 8.16. The second-order valence-electron chi connectivity index (χ2n) is 7.38. The number of hydrogen-bond acceptors (Lipinski definition) is 5. The summed E-state index contributed by atoms with van der Waals surface area (Å²) in [6.07, 6.45) is 6.60. The molecule has 0 radical (unpaired) electrons. The van der Waals surface area contributed by atoms with Gasteiger partial charge in [0, 0.05) is 49.0 Å². The van der Waals surface area contributed by atoms with Crippen molar-refractivity contribution >= 4 is 22.9 Å². The highest BCUT2D eigenvalue weighted by molar-refractivity contribution is 7.08. The molecular weight excluding hydrogens is 356 g/mol. The first-order valence-corrected chi connectivity index (χ1v) is 10.1. The van der Waals surface area contributed by atoms with Gasteiger partial charge in [-0.1, -0.05) is 6.07 Å². The van der Waals surface area contributed by atoms with Crippen molar-refractivity contribution in [2.24, 2.45) is 0 Å². The Labute approximate surface area is 162 Å². The number of likely N-dealkylation sites (tertiary alicyclic amines) is 1. The summed E-state index contributed by atoms with van der Waals surface area (Å²) >= 11 is 1.56. The van der Waals surface area contributed by atoms with Crippen molar-refractivity contribution in [2.45, 2.75) is 18.4 Å². The van der Waals surface area contributed by atoms with E-state index in [1.807, 2.05) is 52.3 Å². The molecule has 1 fully saturated rings. The van der Waals surface area contributed by atoms with Crippen molar-refractivity contribution in [3.05, 3.63) is 76.5 Å². The Morgan fingerprint density at radius 3 is 2.93 bits per heavy atom. The van der Waals surface area contributed by atoms with Gasteiger partial charge in [-0.15, -0.1) is 0 Å². The molecule has 1 spiro atoms. The first-order chi connectivity index (χ1) is 13.3. The van der Waals surface area contributed by atoms with Crippen LogP contribution in [0.3, 0.4) is 0 Å². The molecule has 0 N–H and O–H groups in total. The zero-order chi connectivity index (χ0) is 18.3. The van der Waals surface area contributed by atoms with Crippen molar-refractivity contribution in [3.8, 4) is 0 Å². The van der Waals surface area contributed by atoms with Crippen LogP contribution < -0.4 is 4.90 Å². The van der Waals surface area contributed by atoms with Crippen molar-refractivity contribution in [2.75, 3.05) is 24.5 Å². The molecule has 2 aliphatic rings. The molecule has 0 bridgehead atoms. The molecule has 0 saturated carbocycles. The van der Waals surface area contributed by atoms with Crippen LogP contribution in [0.4, 0.5) is 5.69 Å². The van der Waals surface area contributed by atoms with Gasteiger partial charge < -0.3 is 4.90 Å². The molecule has 27 heavy (non-hydrogen) atoms.